The normalized spacial score (nSPS) is 27.8. The maximum Gasteiger partial charge on any atom is 0.0512 e. The molecule has 1 aromatic heterocycles. The molecule has 1 aliphatic carbocycles. The minimum atomic E-state index is 0.490. The quantitative estimate of drug-likeness (QED) is 0.802. The molecule has 1 saturated carbocycles. The average molecular weight is 329 g/mol. The fraction of sp³-hybridized carbons (Fsp3) is 0.750. The van der Waals surface area contributed by atoms with E-state index in [2.05, 4.69) is 27.9 Å². The highest BCUT2D eigenvalue weighted by Gasteiger charge is 2.46. The Kier molecular flexibility index (Phi) is 4.88. The number of rotatable bonds is 6. The summed E-state index contributed by atoms with van der Waals surface area (Å²) < 4.78 is 6.09. The summed E-state index contributed by atoms with van der Waals surface area (Å²) in [6, 6.07) is 4.23. The van der Waals surface area contributed by atoms with Gasteiger partial charge < -0.3 is 9.64 Å². The molecule has 2 saturated heterocycles. The highest BCUT2D eigenvalue weighted by Crippen LogP contribution is 2.44. The standard InChI is InChI=1S/C20H31N3O/c1-22-13-19(15-24-14-17-4-5-17)20(16-22)6-9-23(10-7-20)12-18-3-2-8-21-11-18/h2-3,8,11,17,19H,4-7,9-10,12-16H2,1H3. The van der Waals surface area contributed by atoms with Crippen LogP contribution in [-0.4, -0.2) is 61.2 Å². The number of ether oxygens (including phenoxy) is 1. The van der Waals surface area contributed by atoms with Gasteiger partial charge in [0.25, 0.3) is 0 Å². The van der Waals surface area contributed by atoms with Gasteiger partial charge in [0.2, 0.25) is 0 Å². The van der Waals surface area contributed by atoms with Crippen LogP contribution < -0.4 is 0 Å². The van der Waals surface area contributed by atoms with Crippen molar-refractivity contribution in [3.63, 3.8) is 0 Å². The van der Waals surface area contributed by atoms with Gasteiger partial charge >= 0.3 is 0 Å². The van der Waals surface area contributed by atoms with Crippen LogP contribution in [0.1, 0.15) is 31.2 Å². The zero-order chi connectivity index (χ0) is 16.4. The summed E-state index contributed by atoms with van der Waals surface area (Å²) in [5, 5.41) is 0. The van der Waals surface area contributed by atoms with Crippen LogP contribution in [0.2, 0.25) is 0 Å². The third-order valence-electron chi connectivity index (χ3n) is 6.33. The molecule has 4 rings (SSSR count). The van der Waals surface area contributed by atoms with Crippen molar-refractivity contribution in [1.82, 2.24) is 14.8 Å². The topological polar surface area (TPSA) is 28.6 Å². The van der Waals surface area contributed by atoms with Crippen LogP contribution in [0, 0.1) is 17.3 Å². The van der Waals surface area contributed by atoms with E-state index in [0.29, 0.717) is 5.41 Å². The number of likely N-dealkylation sites (tertiary alicyclic amines) is 2. The molecule has 2 aliphatic heterocycles. The molecule has 0 radical (unpaired) electrons. The largest absolute Gasteiger partial charge is 0.381 e. The minimum absolute atomic E-state index is 0.490. The van der Waals surface area contributed by atoms with Crippen molar-refractivity contribution < 1.29 is 4.74 Å². The van der Waals surface area contributed by atoms with Gasteiger partial charge in [-0.25, -0.2) is 0 Å². The molecule has 1 aromatic rings. The molecule has 24 heavy (non-hydrogen) atoms. The van der Waals surface area contributed by atoms with Crippen LogP contribution in [0.5, 0.6) is 0 Å². The van der Waals surface area contributed by atoms with Crippen molar-refractivity contribution in [2.24, 2.45) is 17.3 Å². The van der Waals surface area contributed by atoms with E-state index in [9.17, 15) is 0 Å². The number of pyridine rings is 1. The van der Waals surface area contributed by atoms with Gasteiger partial charge in [0.05, 0.1) is 6.61 Å². The molecule has 132 valence electrons. The molecule has 0 amide bonds. The molecule has 1 spiro atoms. The lowest BCUT2D eigenvalue weighted by Crippen LogP contribution is -2.44. The van der Waals surface area contributed by atoms with Crippen LogP contribution in [0.4, 0.5) is 0 Å². The van der Waals surface area contributed by atoms with Gasteiger partial charge in [-0.2, -0.15) is 0 Å². The summed E-state index contributed by atoms with van der Waals surface area (Å²) in [5.74, 6) is 1.60. The summed E-state index contributed by atoms with van der Waals surface area (Å²) >= 11 is 0. The van der Waals surface area contributed by atoms with E-state index in [4.69, 9.17) is 4.74 Å². The number of nitrogens with zero attached hydrogens (tertiary/aromatic N) is 3. The zero-order valence-corrected chi connectivity index (χ0v) is 15.0. The van der Waals surface area contributed by atoms with Gasteiger partial charge in [-0.1, -0.05) is 6.07 Å². The summed E-state index contributed by atoms with van der Waals surface area (Å²) in [7, 11) is 2.28. The molecule has 3 aliphatic rings. The second kappa shape index (κ2) is 7.11. The van der Waals surface area contributed by atoms with Crippen LogP contribution in [-0.2, 0) is 11.3 Å². The lowest BCUT2D eigenvalue weighted by atomic mass is 9.71. The highest BCUT2D eigenvalue weighted by molar-refractivity contribution is 5.09. The fourth-order valence-corrected chi connectivity index (χ4v) is 4.66. The first-order valence-corrected chi connectivity index (χ1v) is 9.61. The van der Waals surface area contributed by atoms with Crippen molar-refractivity contribution in [2.45, 2.75) is 32.2 Å². The Morgan fingerprint density at radius 2 is 2.08 bits per heavy atom. The van der Waals surface area contributed by atoms with E-state index < -0.39 is 0 Å². The number of aromatic nitrogens is 1. The molecule has 1 unspecified atom stereocenters. The van der Waals surface area contributed by atoms with Crippen LogP contribution in [0.25, 0.3) is 0 Å². The van der Waals surface area contributed by atoms with Gasteiger partial charge in [-0.15, -0.1) is 0 Å². The van der Waals surface area contributed by atoms with E-state index in [1.807, 2.05) is 18.5 Å². The van der Waals surface area contributed by atoms with E-state index in [1.165, 1.54) is 57.4 Å². The maximum absolute atomic E-state index is 6.09. The Morgan fingerprint density at radius 3 is 2.79 bits per heavy atom. The lowest BCUT2D eigenvalue weighted by molar-refractivity contribution is 0.0167. The first kappa shape index (κ1) is 16.5. The third-order valence-corrected chi connectivity index (χ3v) is 6.33. The Bertz CT molecular complexity index is 523. The van der Waals surface area contributed by atoms with Crippen molar-refractivity contribution in [2.75, 3.05) is 46.4 Å². The van der Waals surface area contributed by atoms with Gasteiger partial charge in [-0.05, 0) is 68.8 Å². The second-order valence-electron chi connectivity index (χ2n) is 8.37. The van der Waals surface area contributed by atoms with Gasteiger partial charge in [-0.3, -0.25) is 9.88 Å². The van der Waals surface area contributed by atoms with Crippen molar-refractivity contribution in [3.8, 4) is 0 Å². The summed E-state index contributed by atoms with van der Waals surface area (Å²) in [6.07, 6.45) is 9.26. The molecule has 4 nitrogen and oxygen atoms in total. The number of hydrogen-bond donors (Lipinski definition) is 0. The highest BCUT2D eigenvalue weighted by atomic mass is 16.5. The van der Waals surface area contributed by atoms with E-state index >= 15 is 0 Å². The predicted octanol–water partition coefficient (Wildman–Crippen LogP) is 2.65. The Balaban J connectivity index is 1.31. The summed E-state index contributed by atoms with van der Waals surface area (Å²) in [5.41, 5.74) is 1.82. The monoisotopic (exact) mass is 329 g/mol. The van der Waals surface area contributed by atoms with Crippen LogP contribution in [0.15, 0.2) is 24.5 Å². The first-order chi connectivity index (χ1) is 11.7. The SMILES string of the molecule is CN1CC(COCC2CC2)C2(CCN(Cc3cccnc3)CC2)C1. The molecule has 3 fully saturated rings. The molecular weight excluding hydrogens is 298 g/mol. The second-order valence-corrected chi connectivity index (χ2v) is 8.37. The fourth-order valence-electron chi connectivity index (χ4n) is 4.66. The van der Waals surface area contributed by atoms with E-state index in [1.54, 1.807) is 0 Å². The third kappa shape index (κ3) is 3.81. The smallest absolute Gasteiger partial charge is 0.0512 e. The minimum Gasteiger partial charge on any atom is -0.381 e. The van der Waals surface area contributed by atoms with Crippen molar-refractivity contribution >= 4 is 0 Å². The zero-order valence-electron chi connectivity index (χ0n) is 15.0. The molecule has 4 heteroatoms. The molecule has 3 heterocycles. The van der Waals surface area contributed by atoms with Crippen LogP contribution in [0.3, 0.4) is 0 Å². The van der Waals surface area contributed by atoms with Crippen LogP contribution >= 0.6 is 0 Å². The first-order valence-electron chi connectivity index (χ1n) is 9.61. The lowest BCUT2D eigenvalue weighted by Gasteiger charge is -2.42. The van der Waals surface area contributed by atoms with Gasteiger partial charge in [0.1, 0.15) is 0 Å². The Labute approximate surface area is 146 Å². The van der Waals surface area contributed by atoms with Gasteiger partial charge in [0.15, 0.2) is 0 Å². The molecule has 1 atom stereocenters. The maximum atomic E-state index is 6.09. The molecular formula is C20H31N3O. The average Bonchev–Trinajstić information content (AvgIpc) is 3.36. The predicted molar refractivity (Wildman–Crippen MR) is 95.7 cm³/mol. The van der Waals surface area contributed by atoms with Gasteiger partial charge in [0, 0.05) is 44.6 Å². The van der Waals surface area contributed by atoms with E-state index in [0.717, 1.165) is 31.6 Å². The number of piperidine rings is 1. The molecule has 0 bridgehead atoms. The Morgan fingerprint density at radius 1 is 1.25 bits per heavy atom. The summed E-state index contributed by atoms with van der Waals surface area (Å²) in [6.45, 7) is 7.91. The summed E-state index contributed by atoms with van der Waals surface area (Å²) in [4.78, 5) is 9.38. The van der Waals surface area contributed by atoms with Crippen molar-refractivity contribution in [1.29, 1.82) is 0 Å². The van der Waals surface area contributed by atoms with Crippen molar-refractivity contribution in [3.05, 3.63) is 30.1 Å². The molecule has 0 N–H and O–H groups in total. The number of hydrogen-bond acceptors (Lipinski definition) is 4. The molecule has 0 aromatic carbocycles. The Hall–Kier alpha value is -0.970. The van der Waals surface area contributed by atoms with E-state index in [-0.39, 0.29) is 0 Å².